The van der Waals surface area contributed by atoms with E-state index in [1.54, 1.807) is 18.5 Å². The van der Waals surface area contributed by atoms with E-state index in [1.807, 2.05) is 37.7 Å². The van der Waals surface area contributed by atoms with Crippen LogP contribution in [0.1, 0.15) is 48.9 Å². The van der Waals surface area contributed by atoms with Crippen molar-refractivity contribution in [1.82, 2.24) is 20.0 Å². The molecule has 2 aromatic heterocycles. The van der Waals surface area contributed by atoms with Crippen molar-refractivity contribution in [1.29, 1.82) is 0 Å². The van der Waals surface area contributed by atoms with Gasteiger partial charge in [-0.25, -0.2) is 0 Å². The molecule has 3 heterocycles. The Morgan fingerprint density at radius 2 is 2.04 bits per heavy atom. The number of ether oxygens (including phenoxy) is 1. The van der Waals surface area contributed by atoms with Crippen LogP contribution in [-0.4, -0.2) is 59.2 Å². The maximum absolute atomic E-state index is 12.7. The average molecular weight is 359 g/mol. The molecule has 8 heteroatoms. The molecule has 0 bridgehead atoms. The minimum atomic E-state index is -0.0235. The number of carbonyl (C=O) groups is 1. The number of carbonyl (C=O) groups excluding carboxylic acids is 1. The lowest BCUT2D eigenvalue weighted by atomic mass is 9.96. The van der Waals surface area contributed by atoms with Crippen LogP contribution in [0.25, 0.3) is 0 Å². The molecule has 0 unspecified atom stereocenters. The zero-order valence-corrected chi connectivity index (χ0v) is 15.7. The van der Waals surface area contributed by atoms with Crippen LogP contribution in [-0.2, 0) is 0 Å². The van der Waals surface area contributed by atoms with Crippen LogP contribution in [0.3, 0.4) is 0 Å². The monoisotopic (exact) mass is 359 g/mol. The van der Waals surface area contributed by atoms with Gasteiger partial charge < -0.3 is 19.1 Å². The summed E-state index contributed by atoms with van der Waals surface area (Å²) in [6.07, 6.45) is 4.86. The quantitative estimate of drug-likeness (QED) is 0.810. The topological polar surface area (TPSA) is 84.6 Å². The molecule has 1 aliphatic rings. The summed E-state index contributed by atoms with van der Waals surface area (Å²) in [6, 6.07) is 1.75. The molecule has 2 aromatic rings. The van der Waals surface area contributed by atoms with E-state index in [2.05, 4.69) is 15.1 Å². The standard InChI is InChI=1S/C18H25N5O3/c1-12(2)25-15-9-14(10-19-11-15)17(24)23-7-5-13(6-8-23)16-20-18(21-26-16)22(3)4/h9-13H,5-8H2,1-4H3. The lowest BCUT2D eigenvalue weighted by Gasteiger charge is -2.30. The predicted molar refractivity (Wildman–Crippen MR) is 96.5 cm³/mol. The lowest BCUT2D eigenvalue weighted by Crippen LogP contribution is -2.38. The highest BCUT2D eigenvalue weighted by Crippen LogP contribution is 2.28. The van der Waals surface area contributed by atoms with Crippen molar-refractivity contribution in [2.45, 2.75) is 38.7 Å². The van der Waals surface area contributed by atoms with Crippen molar-refractivity contribution >= 4 is 11.9 Å². The van der Waals surface area contributed by atoms with Crippen LogP contribution in [0, 0.1) is 0 Å². The third-order valence-electron chi connectivity index (χ3n) is 4.29. The number of nitrogens with zero attached hydrogens (tertiary/aromatic N) is 5. The van der Waals surface area contributed by atoms with Gasteiger partial charge in [-0.3, -0.25) is 9.78 Å². The number of piperidine rings is 1. The van der Waals surface area contributed by atoms with Crippen molar-refractivity contribution in [3.8, 4) is 5.75 Å². The van der Waals surface area contributed by atoms with Gasteiger partial charge in [0.05, 0.1) is 17.9 Å². The number of aromatic nitrogens is 3. The van der Waals surface area contributed by atoms with E-state index in [0.29, 0.717) is 36.2 Å². The van der Waals surface area contributed by atoms with Crippen LogP contribution in [0.4, 0.5) is 5.95 Å². The molecule has 0 N–H and O–H groups in total. The summed E-state index contributed by atoms with van der Waals surface area (Å²) in [6.45, 7) is 5.19. The molecule has 140 valence electrons. The van der Waals surface area contributed by atoms with Crippen molar-refractivity contribution in [2.75, 3.05) is 32.1 Å². The average Bonchev–Trinajstić information content (AvgIpc) is 3.11. The van der Waals surface area contributed by atoms with Gasteiger partial charge in [-0.2, -0.15) is 4.98 Å². The Morgan fingerprint density at radius 1 is 1.31 bits per heavy atom. The Kier molecular flexibility index (Phi) is 5.39. The Balaban J connectivity index is 1.61. The number of hydrogen-bond donors (Lipinski definition) is 0. The zero-order chi connectivity index (χ0) is 18.7. The molecule has 0 radical (unpaired) electrons. The van der Waals surface area contributed by atoms with E-state index in [0.717, 1.165) is 12.8 Å². The number of likely N-dealkylation sites (tertiary alicyclic amines) is 1. The van der Waals surface area contributed by atoms with Gasteiger partial charge >= 0.3 is 0 Å². The van der Waals surface area contributed by atoms with Gasteiger partial charge in [-0.05, 0) is 37.9 Å². The van der Waals surface area contributed by atoms with Gasteiger partial charge in [0.2, 0.25) is 5.89 Å². The summed E-state index contributed by atoms with van der Waals surface area (Å²) < 4.78 is 11.0. The van der Waals surface area contributed by atoms with Crippen LogP contribution in [0.2, 0.25) is 0 Å². The first-order valence-electron chi connectivity index (χ1n) is 8.86. The van der Waals surface area contributed by atoms with Crippen LogP contribution < -0.4 is 9.64 Å². The molecule has 0 atom stereocenters. The molecule has 0 saturated carbocycles. The summed E-state index contributed by atoms with van der Waals surface area (Å²) in [5, 5.41) is 3.96. The molecule has 1 fully saturated rings. The van der Waals surface area contributed by atoms with Gasteiger partial charge in [0.25, 0.3) is 11.9 Å². The van der Waals surface area contributed by atoms with Crippen LogP contribution >= 0.6 is 0 Å². The molecular weight excluding hydrogens is 334 g/mol. The van der Waals surface area contributed by atoms with Crippen molar-refractivity contribution in [3.63, 3.8) is 0 Å². The molecule has 1 aliphatic heterocycles. The second-order valence-electron chi connectivity index (χ2n) is 6.97. The number of pyridine rings is 1. The SMILES string of the molecule is CC(C)Oc1cncc(C(=O)N2CCC(c3nc(N(C)C)no3)CC2)c1. The Bertz CT molecular complexity index is 751. The first-order valence-corrected chi connectivity index (χ1v) is 8.86. The van der Waals surface area contributed by atoms with E-state index < -0.39 is 0 Å². The van der Waals surface area contributed by atoms with E-state index in [1.165, 1.54) is 0 Å². The summed E-state index contributed by atoms with van der Waals surface area (Å²) in [4.78, 5) is 24.9. The third kappa shape index (κ3) is 4.12. The first kappa shape index (κ1) is 18.2. The number of rotatable bonds is 5. The van der Waals surface area contributed by atoms with Gasteiger partial charge in [0.15, 0.2) is 0 Å². The summed E-state index contributed by atoms with van der Waals surface area (Å²) in [7, 11) is 3.75. The molecule has 0 spiro atoms. The number of anilines is 1. The Hall–Kier alpha value is -2.64. The second kappa shape index (κ2) is 7.72. The lowest BCUT2D eigenvalue weighted by molar-refractivity contribution is 0.0703. The highest BCUT2D eigenvalue weighted by atomic mass is 16.5. The van der Waals surface area contributed by atoms with E-state index in [-0.39, 0.29) is 17.9 Å². The van der Waals surface area contributed by atoms with Gasteiger partial charge in [0.1, 0.15) is 5.75 Å². The highest BCUT2D eigenvalue weighted by Gasteiger charge is 2.28. The molecular formula is C18H25N5O3. The molecule has 8 nitrogen and oxygen atoms in total. The smallest absolute Gasteiger partial charge is 0.265 e. The van der Waals surface area contributed by atoms with Crippen LogP contribution in [0.5, 0.6) is 5.75 Å². The molecule has 26 heavy (non-hydrogen) atoms. The minimum Gasteiger partial charge on any atom is -0.489 e. The Labute approximate surface area is 153 Å². The number of hydrogen-bond acceptors (Lipinski definition) is 7. The highest BCUT2D eigenvalue weighted by molar-refractivity contribution is 5.94. The van der Waals surface area contributed by atoms with Gasteiger partial charge in [-0.1, -0.05) is 0 Å². The molecule has 3 rings (SSSR count). The largest absolute Gasteiger partial charge is 0.489 e. The fourth-order valence-corrected chi connectivity index (χ4v) is 2.96. The molecule has 0 aromatic carbocycles. The fraction of sp³-hybridized carbons (Fsp3) is 0.556. The molecule has 1 saturated heterocycles. The zero-order valence-electron chi connectivity index (χ0n) is 15.7. The van der Waals surface area contributed by atoms with E-state index in [9.17, 15) is 4.79 Å². The summed E-state index contributed by atoms with van der Waals surface area (Å²) in [5.74, 6) is 2.00. The fourth-order valence-electron chi connectivity index (χ4n) is 2.96. The van der Waals surface area contributed by atoms with E-state index >= 15 is 0 Å². The predicted octanol–water partition coefficient (Wildman–Crippen LogP) is 2.34. The van der Waals surface area contributed by atoms with Gasteiger partial charge in [0, 0.05) is 39.3 Å². The van der Waals surface area contributed by atoms with Gasteiger partial charge in [-0.15, -0.1) is 0 Å². The maximum Gasteiger partial charge on any atom is 0.265 e. The molecule has 0 aliphatic carbocycles. The molecule has 1 amide bonds. The van der Waals surface area contributed by atoms with Crippen molar-refractivity contribution < 1.29 is 14.1 Å². The first-order chi connectivity index (χ1) is 12.4. The Morgan fingerprint density at radius 3 is 2.65 bits per heavy atom. The normalized spacial score (nSPS) is 15.3. The minimum absolute atomic E-state index is 0.0235. The maximum atomic E-state index is 12.7. The number of amides is 1. The van der Waals surface area contributed by atoms with E-state index in [4.69, 9.17) is 9.26 Å². The third-order valence-corrected chi connectivity index (χ3v) is 4.29. The van der Waals surface area contributed by atoms with Crippen molar-refractivity contribution in [3.05, 3.63) is 29.9 Å². The second-order valence-corrected chi connectivity index (χ2v) is 6.97. The van der Waals surface area contributed by atoms with Crippen LogP contribution in [0.15, 0.2) is 23.0 Å². The van der Waals surface area contributed by atoms with Crippen molar-refractivity contribution in [2.24, 2.45) is 0 Å². The summed E-state index contributed by atoms with van der Waals surface area (Å²) >= 11 is 0. The summed E-state index contributed by atoms with van der Waals surface area (Å²) in [5.41, 5.74) is 0.550.